The Hall–Kier alpha value is -0.860. The summed E-state index contributed by atoms with van der Waals surface area (Å²) in [5, 5.41) is 0. The SMILES string of the molecule is CC1(C)CN(Cc2ccc3c(c2)CCC3)CCC1N. The monoisotopic (exact) mass is 258 g/mol. The van der Waals surface area contributed by atoms with Gasteiger partial charge in [0.2, 0.25) is 0 Å². The van der Waals surface area contributed by atoms with Crippen LogP contribution in [0.1, 0.15) is 43.4 Å². The third-order valence-corrected chi connectivity index (χ3v) is 4.96. The Bertz CT molecular complexity index is 464. The van der Waals surface area contributed by atoms with Crippen LogP contribution in [0.3, 0.4) is 0 Å². The van der Waals surface area contributed by atoms with Crippen LogP contribution in [0.5, 0.6) is 0 Å². The topological polar surface area (TPSA) is 29.3 Å². The van der Waals surface area contributed by atoms with Crippen molar-refractivity contribution in [2.45, 2.75) is 52.1 Å². The number of likely N-dealkylation sites (tertiary alicyclic amines) is 1. The molecule has 1 aromatic rings. The fraction of sp³-hybridized carbons (Fsp3) is 0.647. The van der Waals surface area contributed by atoms with Crippen molar-refractivity contribution in [2.75, 3.05) is 13.1 Å². The average molecular weight is 258 g/mol. The molecular weight excluding hydrogens is 232 g/mol. The Kier molecular flexibility index (Phi) is 3.40. The second-order valence-electron chi connectivity index (χ2n) is 7.05. The van der Waals surface area contributed by atoms with Crippen LogP contribution < -0.4 is 5.73 Å². The van der Waals surface area contributed by atoms with Crippen LogP contribution in [0.2, 0.25) is 0 Å². The molecule has 0 saturated carbocycles. The summed E-state index contributed by atoms with van der Waals surface area (Å²) >= 11 is 0. The third kappa shape index (κ3) is 2.70. The zero-order valence-electron chi connectivity index (χ0n) is 12.3. The highest BCUT2D eigenvalue weighted by molar-refractivity contribution is 5.35. The highest BCUT2D eigenvalue weighted by atomic mass is 15.1. The van der Waals surface area contributed by atoms with E-state index in [1.54, 1.807) is 11.1 Å². The molecule has 2 heteroatoms. The second kappa shape index (κ2) is 4.92. The van der Waals surface area contributed by atoms with E-state index in [1.807, 2.05) is 0 Å². The predicted molar refractivity (Wildman–Crippen MR) is 80.1 cm³/mol. The van der Waals surface area contributed by atoms with E-state index < -0.39 is 0 Å². The van der Waals surface area contributed by atoms with Crippen LogP contribution in [0.15, 0.2) is 18.2 Å². The maximum Gasteiger partial charge on any atom is 0.0234 e. The summed E-state index contributed by atoms with van der Waals surface area (Å²) < 4.78 is 0. The van der Waals surface area contributed by atoms with Gasteiger partial charge in [0.05, 0.1) is 0 Å². The summed E-state index contributed by atoms with van der Waals surface area (Å²) in [6.45, 7) is 7.94. The lowest BCUT2D eigenvalue weighted by Crippen LogP contribution is -2.52. The van der Waals surface area contributed by atoms with Crippen molar-refractivity contribution < 1.29 is 0 Å². The number of fused-ring (bicyclic) bond motifs is 1. The summed E-state index contributed by atoms with van der Waals surface area (Å²) in [5.41, 5.74) is 11.1. The van der Waals surface area contributed by atoms with E-state index in [9.17, 15) is 0 Å². The molecule has 19 heavy (non-hydrogen) atoms. The van der Waals surface area contributed by atoms with E-state index in [4.69, 9.17) is 5.73 Å². The number of hydrogen-bond acceptors (Lipinski definition) is 2. The zero-order chi connectivity index (χ0) is 13.5. The minimum atomic E-state index is 0.245. The number of nitrogens with two attached hydrogens (primary N) is 1. The van der Waals surface area contributed by atoms with Gasteiger partial charge in [-0.1, -0.05) is 32.0 Å². The number of rotatable bonds is 2. The first-order chi connectivity index (χ1) is 9.04. The molecule has 2 nitrogen and oxygen atoms in total. The molecule has 1 unspecified atom stereocenters. The molecule has 2 aliphatic rings. The largest absolute Gasteiger partial charge is 0.327 e. The summed E-state index contributed by atoms with van der Waals surface area (Å²) in [7, 11) is 0. The van der Waals surface area contributed by atoms with Gasteiger partial charge in [-0.2, -0.15) is 0 Å². The summed E-state index contributed by atoms with van der Waals surface area (Å²) in [6, 6.07) is 7.46. The Balaban J connectivity index is 1.69. The van der Waals surface area contributed by atoms with Gasteiger partial charge in [-0.05, 0) is 47.8 Å². The quantitative estimate of drug-likeness (QED) is 0.884. The molecule has 1 saturated heterocycles. The smallest absolute Gasteiger partial charge is 0.0234 e. The summed E-state index contributed by atoms with van der Waals surface area (Å²) in [6.07, 6.45) is 5.02. The van der Waals surface area contributed by atoms with E-state index in [-0.39, 0.29) is 5.41 Å². The van der Waals surface area contributed by atoms with Crippen LogP contribution in [0.4, 0.5) is 0 Å². The van der Waals surface area contributed by atoms with E-state index in [2.05, 4.69) is 36.9 Å². The number of aryl methyl sites for hydroxylation is 2. The normalized spacial score (nSPS) is 26.4. The third-order valence-electron chi connectivity index (χ3n) is 4.96. The first kappa shape index (κ1) is 13.1. The molecule has 1 aromatic carbocycles. The first-order valence-electron chi connectivity index (χ1n) is 7.63. The van der Waals surface area contributed by atoms with Crippen molar-refractivity contribution in [3.05, 3.63) is 34.9 Å². The van der Waals surface area contributed by atoms with E-state index in [1.165, 1.54) is 24.8 Å². The molecule has 1 atom stereocenters. The Morgan fingerprint density at radius 3 is 2.84 bits per heavy atom. The van der Waals surface area contributed by atoms with Crippen molar-refractivity contribution >= 4 is 0 Å². The average Bonchev–Trinajstić information content (AvgIpc) is 2.81. The molecule has 1 aliphatic carbocycles. The fourth-order valence-electron chi connectivity index (χ4n) is 3.60. The van der Waals surface area contributed by atoms with Crippen molar-refractivity contribution in [2.24, 2.45) is 11.1 Å². The first-order valence-corrected chi connectivity index (χ1v) is 7.63. The van der Waals surface area contributed by atoms with Gasteiger partial charge in [0.25, 0.3) is 0 Å². The van der Waals surface area contributed by atoms with Crippen LogP contribution in [-0.4, -0.2) is 24.0 Å². The van der Waals surface area contributed by atoms with Gasteiger partial charge in [0.1, 0.15) is 0 Å². The molecule has 3 rings (SSSR count). The molecule has 0 aromatic heterocycles. The predicted octanol–water partition coefficient (Wildman–Crippen LogP) is 2.73. The van der Waals surface area contributed by atoms with Gasteiger partial charge in [-0.3, -0.25) is 4.90 Å². The van der Waals surface area contributed by atoms with Crippen molar-refractivity contribution in [1.29, 1.82) is 0 Å². The molecule has 0 bridgehead atoms. The van der Waals surface area contributed by atoms with E-state index in [0.29, 0.717) is 6.04 Å². The molecule has 1 heterocycles. The summed E-state index contributed by atoms with van der Waals surface area (Å²) in [5.74, 6) is 0. The lowest BCUT2D eigenvalue weighted by molar-refractivity contribution is 0.0899. The number of piperidine rings is 1. The fourth-order valence-corrected chi connectivity index (χ4v) is 3.60. The van der Waals surface area contributed by atoms with Crippen molar-refractivity contribution in [1.82, 2.24) is 4.90 Å². The highest BCUT2D eigenvalue weighted by Gasteiger charge is 2.33. The molecule has 1 aliphatic heterocycles. The second-order valence-corrected chi connectivity index (χ2v) is 7.05. The number of nitrogens with zero attached hydrogens (tertiary/aromatic N) is 1. The zero-order valence-corrected chi connectivity index (χ0v) is 12.3. The minimum Gasteiger partial charge on any atom is -0.327 e. The molecule has 1 fully saturated rings. The number of benzene rings is 1. The lowest BCUT2D eigenvalue weighted by Gasteiger charge is -2.42. The maximum absolute atomic E-state index is 6.22. The molecule has 0 amide bonds. The Morgan fingerprint density at radius 2 is 2.05 bits per heavy atom. The van der Waals surface area contributed by atoms with Gasteiger partial charge in [0, 0.05) is 25.7 Å². The minimum absolute atomic E-state index is 0.245. The number of hydrogen-bond donors (Lipinski definition) is 1. The standard InChI is InChI=1S/C17H26N2/c1-17(2)12-19(9-8-16(17)18)11-13-6-7-14-4-3-5-15(14)10-13/h6-7,10,16H,3-5,8-9,11-12,18H2,1-2H3. The van der Waals surface area contributed by atoms with Gasteiger partial charge in [-0.15, -0.1) is 0 Å². The molecule has 0 radical (unpaired) electrons. The van der Waals surface area contributed by atoms with Gasteiger partial charge in [0.15, 0.2) is 0 Å². The molecular formula is C17H26N2. The molecule has 2 N–H and O–H groups in total. The lowest BCUT2D eigenvalue weighted by atomic mass is 9.79. The maximum atomic E-state index is 6.22. The Morgan fingerprint density at radius 1 is 1.26 bits per heavy atom. The molecule has 104 valence electrons. The van der Waals surface area contributed by atoms with Crippen LogP contribution in [-0.2, 0) is 19.4 Å². The van der Waals surface area contributed by atoms with Gasteiger partial charge < -0.3 is 5.73 Å². The van der Waals surface area contributed by atoms with Crippen molar-refractivity contribution in [3.8, 4) is 0 Å². The van der Waals surface area contributed by atoms with Crippen LogP contribution in [0, 0.1) is 5.41 Å². The molecule has 0 spiro atoms. The Labute approximate surface area is 117 Å². The van der Waals surface area contributed by atoms with E-state index in [0.717, 1.165) is 26.1 Å². The van der Waals surface area contributed by atoms with Crippen molar-refractivity contribution in [3.63, 3.8) is 0 Å². The van der Waals surface area contributed by atoms with Gasteiger partial charge >= 0.3 is 0 Å². The van der Waals surface area contributed by atoms with Gasteiger partial charge in [-0.25, -0.2) is 0 Å². The summed E-state index contributed by atoms with van der Waals surface area (Å²) in [4.78, 5) is 2.57. The van der Waals surface area contributed by atoms with E-state index >= 15 is 0 Å². The van der Waals surface area contributed by atoms with Crippen LogP contribution >= 0.6 is 0 Å². The highest BCUT2D eigenvalue weighted by Crippen LogP contribution is 2.29. The van der Waals surface area contributed by atoms with Crippen LogP contribution in [0.25, 0.3) is 0 Å².